The lowest BCUT2D eigenvalue weighted by atomic mass is 9.76. The zero-order valence-electron chi connectivity index (χ0n) is 20.0. The van der Waals surface area contributed by atoms with Gasteiger partial charge < -0.3 is 19.3 Å². The molecule has 6 nitrogen and oxygen atoms in total. The Morgan fingerprint density at radius 1 is 1.14 bits per heavy atom. The molecule has 2 aromatic rings. The first-order valence-corrected chi connectivity index (χ1v) is 11.6. The lowest BCUT2D eigenvalue weighted by Crippen LogP contribution is -2.53. The number of hydrogen-bond acceptors (Lipinski definition) is 5. The molecule has 190 valence electrons. The normalized spacial score (nSPS) is 25.0. The number of likely N-dealkylation sites (tertiary alicyclic amines) is 1. The first kappa shape index (κ1) is 25.2. The summed E-state index contributed by atoms with van der Waals surface area (Å²) in [6, 6.07) is 12.6. The maximum absolute atomic E-state index is 13.2. The third kappa shape index (κ3) is 5.66. The molecule has 9 heteroatoms. The van der Waals surface area contributed by atoms with Gasteiger partial charge in [-0.25, -0.2) is 4.79 Å². The Kier molecular flexibility index (Phi) is 6.66. The smallest absolute Gasteiger partial charge is 0.508 e. The number of benzene rings is 2. The number of aromatic hydroxyl groups is 1. The van der Waals surface area contributed by atoms with Crippen LogP contribution in [-0.4, -0.2) is 46.8 Å². The maximum Gasteiger partial charge on any atom is 0.573 e. The number of piperidine rings is 1. The Bertz CT molecular complexity index is 1050. The van der Waals surface area contributed by atoms with E-state index in [1.807, 2.05) is 51.1 Å². The lowest BCUT2D eigenvalue weighted by molar-refractivity contribution is -0.274. The predicted octanol–water partition coefficient (Wildman–Crippen LogP) is 6.31. The molecule has 2 aromatic carbocycles. The van der Waals surface area contributed by atoms with Gasteiger partial charge in [0.25, 0.3) is 0 Å². The first-order chi connectivity index (χ1) is 16.4. The first-order valence-electron chi connectivity index (χ1n) is 11.6. The zero-order chi connectivity index (χ0) is 25.4. The van der Waals surface area contributed by atoms with Crippen LogP contribution < -0.4 is 4.74 Å². The molecule has 4 rings (SSSR count). The van der Waals surface area contributed by atoms with Crippen molar-refractivity contribution in [2.75, 3.05) is 13.2 Å². The second-order valence-electron chi connectivity index (χ2n) is 10.1. The summed E-state index contributed by atoms with van der Waals surface area (Å²) in [6.07, 6.45) is -3.53. The number of phenolic OH excluding ortho intramolecular Hbond substituents is 1. The van der Waals surface area contributed by atoms with E-state index in [4.69, 9.17) is 9.47 Å². The summed E-state index contributed by atoms with van der Waals surface area (Å²) in [5.74, 6) is -0.900. The van der Waals surface area contributed by atoms with Crippen LogP contribution in [0.2, 0.25) is 0 Å². The van der Waals surface area contributed by atoms with E-state index in [2.05, 4.69) is 4.74 Å². The predicted molar refractivity (Wildman–Crippen MR) is 122 cm³/mol. The van der Waals surface area contributed by atoms with Crippen molar-refractivity contribution in [1.82, 2.24) is 4.90 Å². The quantitative estimate of drug-likeness (QED) is 0.543. The summed E-state index contributed by atoms with van der Waals surface area (Å²) in [4.78, 5) is 14.9. The molecule has 2 aliphatic heterocycles. The number of hydrogen-bond donors (Lipinski definition) is 1. The molecule has 2 heterocycles. The highest BCUT2D eigenvalue weighted by atomic mass is 19.4. The molecule has 0 aliphatic carbocycles. The summed E-state index contributed by atoms with van der Waals surface area (Å²) in [5, 5.41) is 10.5. The van der Waals surface area contributed by atoms with Crippen LogP contribution in [0.3, 0.4) is 0 Å². The molecule has 2 fully saturated rings. The fourth-order valence-electron chi connectivity index (χ4n) is 5.16. The minimum absolute atomic E-state index is 0.124. The Balaban J connectivity index is 1.67. The molecule has 35 heavy (non-hydrogen) atoms. The van der Waals surface area contributed by atoms with E-state index in [9.17, 15) is 23.1 Å². The van der Waals surface area contributed by atoms with Gasteiger partial charge in [0.2, 0.25) is 0 Å². The topological polar surface area (TPSA) is 68.2 Å². The summed E-state index contributed by atoms with van der Waals surface area (Å²) in [7, 11) is 0. The standard InChI is InChI=1S/C26H30F3NO5/c1-24(2,3)35-23(32)30-13-7-12-25(22(30)17-8-5-4-6-9-17)15-18(16-33-25)20-14-19(10-11-21(20)31)34-26(27,28)29/h4-6,8-11,14,18,22,31H,7,12-13,15-16H2,1-3H3/t18-,22+,25-/m1/s1. The lowest BCUT2D eigenvalue weighted by Gasteiger charge is -2.47. The van der Waals surface area contributed by atoms with Gasteiger partial charge in [-0.05, 0) is 63.8 Å². The molecular formula is C26H30F3NO5. The minimum Gasteiger partial charge on any atom is -0.508 e. The molecular weight excluding hydrogens is 463 g/mol. The number of alkyl halides is 3. The Hall–Kier alpha value is -2.94. The van der Waals surface area contributed by atoms with Crippen LogP contribution in [-0.2, 0) is 9.47 Å². The molecule has 3 atom stereocenters. The molecule has 0 unspecified atom stereocenters. The van der Waals surface area contributed by atoms with E-state index in [1.165, 1.54) is 12.1 Å². The Morgan fingerprint density at radius 3 is 2.51 bits per heavy atom. The summed E-state index contributed by atoms with van der Waals surface area (Å²) in [5.41, 5.74) is -0.247. The molecule has 1 spiro atoms. The van der Waals surface area contributed by atoms with Crippen molar-refractivity contribution in [3.05, 3.63) is 59.7 Å². The van der Waals surface area contributed by atoms with Gasteiger partial charge in [-0.15, -0.1) is 13.2 Å². The van der Waals surface area contributed by atoms with Crippen molar-refractivity contribution in [3.8, 4) is 11.5 Å². The number of phenols is 1. The van der Waals surface area contributed by atoms with Crippen LogP contribution in [0.1, 0.15) is 63.1 Å². The number of nitrogens with zero attached hydrogens (tertiary/aromatic N) is 1. The number of carbonyl (C=O) groups excluding carboxylic acids is 1. The average Bonchev–Trinajstić information content (AvgIpc) is 3.17. The van der Waals surface area contributed by atoms with Crippen molar-refractivity contribution in [2.24, 2.45) is 0 Å². The summed E-state index contributed by atoms with van der Waals surface area (Å²) in [6.45, 7) is 6.11. The van der Waals surface area contributed by atoms with Crippen LogP contribution in [0.15, 0.2) is 48.5 Å². The monoisotopic (exact) mass is 493 g/mol. The van der Waals surface area contributed by atoms with Gasteiger partial charge in [0.15, 0.2) is 0 Å². The zero-order valence-corrected chi connectivity index (χ0v) is 20.0. The van der Waals surface area contributed by atoms with Crippen molar-refractivity contribution in [1.29, 1.82) is 0 Å². The highest BCUT2D eigenvalue weighted by Crippen LogP contribution is 2.52. The number of carbonyl (C=O) groups is 1. The van der Waals surface area contributed by atoms with Gasteiger partial charge in [0.05, 0.1) is 18.2 Å². The van der Waals surface area contributed by atoms with Crippen molar-refractivity contribution >= 4 is 6.09 Å². The average molecular weight is 494 g/mol. The molecule has 1 amide bonds. The van der Waals surface area contributed by atoms with Crippen LogP contribution in [0.25, 0.3) is 0 Å². The second-order valence-corrected chi connectivity index (χ2v) is 10.1. The van der Waals surface area contributed by atoms with Crippen LogP contribution >= 0.6 is 0 Å². The van der Waals surface area contributed by atoms with Gasteiger partial charge in [-0.3, -0.25) is 4.90 Å². The van der Waals surface area contributed by atoms with E-state index in [0.29, 0.717) is 31.4 Å². The van der Waals surface area contributed by atoms with E-state index < -0.39 is 35.4 Å². The second kappa shape index (κ2) is 9.26. The molecule has 0 bridgehead atoms. The van der Waals surface area contributed by atoms with Crippen molar-refractivity contribution in [2.45, 2.75) is 69.6 Å². The molecule has 1 N–H and O–H groups in total. The molecule has 2 saturated heterocycles. The van der Waals surface area contributed by atoms with Crippen molar-refractivity contribution < 1.29 is 37.3 Å². The third-order valence-electron chi connectivity index (χ3n) is 6.39. The third-order valence-corrected chi connectivity index (χ3v) is 6.39. The maximum atomic E-state index is 13.2. The fraction of sp³-hybridized carbons (Fsp3) is 0.500. The Labute approximate surface area is 202 Å². The number of ether oxygens (including phenoxy) is 3. The number of rotatable bonds is 3. The molecule has 0 radical (unpaired) electrons. The largest absolute Gasteiger partial charge is 0.573 e. The van der Waals surface area contributed by atoms with Gasteiger partial charge in [-0.2, -0.15) is 0 Å². The van der Waals surface area contributed by atoms with E-state index in [0.717, 1.165) is 11.6 Å². The van der Waals surface area contributed by atoms with Crippen molar-refractivity contribution in [3.63, 3.8) is 0 Å². The SMILES string of the molecule is CC(C)(C)OC(=O)N1CCC[C@@]2(C[C@@H](c3cc(OC(F)(F)F)ccc3O)CO2)[C@@H]1c1ccccc1. The van der Waals surface area contributed by atoms with Gasteiger partial charge in [-0.1, -0.05) is 30.3 Å². The molecule has 2 aliphatic rings. The molecule has 0 aromatic heterocycles. The fourth-order valence-corrected chi connectivity index (χ4v) is 5.16. The summed E-state index contributed by atoms with van der Waals surface area (Å²) < 4.78 is 54.4. The highest BCUT2D eigenvalue weighted by Gasteiger charge is 2.53. The van der Waals surface area contributed by atoms with E-state index in [-0.39, 0.29) is 18.3 Å². The minimum atomic E-state index is -4.84. The highest BCUT2D eigenvalue weighted by molar-refractivity contribution is 5.69. The number of amides is 1. The van der Waals surface area contributed by atoms with Gasteiger partial charge in [0.1, 0.15) is 17.1 Å². The summed E-state index contributed by atoms with van der Waals surface area (Å²) >= 11 is 0. The van der Waals surface area contributed by atoms with Crippen LogP contribution in [0, 0.1) is 0 Å². The van der Waals surface area contributed by atoms with Gasteiger partial charge >= 0.3 is 12.5 Å². The van der Waals surface area contributed by atoms with Crippen LogP contribution in [0.4, 0.5) is 18.0 Å². The number of halogens is 3. The Morgan fingerprint density at radius 2 is 1.86 bits per heavy atom. The van der Waals surface area contributed by atoms with E-state index >= 15 is 0 Å². The molecule has 0 saturated carbocycles. The van der Waals surface area contributed by atoms with Gasteiger partial charge in [0, 0.05) is 18.0 Å². The van der Waals surface area contributed by atoms with E-state index in [1.54, 1.807) is 4.90 Å². The van der Waals surface area contributed by atoms with Crippen LogP contribution in [0.5, 0.6) is 11.5 Å².